The van der Waals surface area contributed by atoms with Gasteiger partial charge in [-0.3, -0.25) is 0 Å². The maximum absolute atomic E-state index is 6.34. The summed E-state index contributed by atoms with van der Waals surface area (Å²) < 4.78 is 6.84. The zero-order valence-electron chi connectivity index (χ0n) is 11.3. The number of nitrogens with zero attached hydrogens (tertiary/aromatic N) is 2. The van der Waals surface area contributed by atoms with Crippen LogP contribution in [-0.4, -0.2) is 22.2 Å². The predicted octanol–water partition coefficient (Wildman–Crippen LogP) is 4.59. The average molecular weight is 358 g/mol. The Bertz CT molecular complexity index is 533. The SMILES string of the molecule is Clc1nc(C2CC3CCC2O3)nc(C2CCCC2)c1Br. The molecule has 0 amide bonds. The first-order valence-electron chi connectivity index (χ1n) is 7.60. The van der Waals surface area contributed by atoms with Gasteiger partial charge in [-0.2, -0.15) is 0 Å². The lowest BCUT2D eigenvalue weighted by atomic mass is 9.88. The monoisotopic (exact) mass is 356 g/mol. The van der Waals surface area contributed by atoms with Crippen molar-refractivity contribution in [3.63, 3.8) is 0 Å². The third-order valence-electron chi connectivity index (χ3n) is 5.03. The Hall–Kier alpha value is -0.190. The normalized spacial score (nSPS) is 33.2. The minimum atomic E-state index is 0.314. The molecule has 5 heteroatoms. The molecule has 0 aromatic carbocycles. The van der Waals surface area contributed by atoms with Crippen LogP contribution in [-0.2, 0) is 4.74 Å². The molecule has 20 heavy (non-hydrogen) atoms. The van der Waals surface area contributed by atoms with E-state index in [1.165, 1.54) is 32.1 Å². The molecule has 2 aliphatic heterocycles. The largest absolute Gasteiger partial charge is 0.374 e. The summed E-state index contributed by atoms with van der Waals surface area (Å²) >= 11 is 9.92. The molecule has 4 rings (SSSR count). The molecular formula is C15H18BrClN2O. The van der Waals surface area contributed by atoms with E-state index in [1.54, 1.807) is 0 Å². The van der Waals surface area contributed by atoms with Crippen molar-refractivity contribution in [1.29, 1.82) is 0 Å². The van der Waals surface area contributed by atoms with Gasteiger partial charge in [-0.05, 0) is 48.0 Å². The van der Waals surface area contributed by atoms with Crippen LogP contribution < -0.4 is 0 Å². The Labute approximate surface area is 132 Å². The maximum atomic E-state index is 6.34. The minimum Gasteiger partial charge on any atom is -0.374 e. The minimum absolute atomic E-state index is 0.314. The molecule has 1 aliphatic carbocycles. The summed E-state index contributed by atoms with van der Waals surface area (Å²) in [7, 11) is 0. The lowest BCUT2D eigenvalue weighted by molar-refractivity contribution is 0.0998. The van der Waals surface area contributed by atoms with Gasteiger partial charge in [0.2, 0.25) is 0 Å². The van der Waals surface area contributed by atoms with Gasteiger partial charge in [0.05, 0.1) is 22.4 Å². The summed E-state index contributed by atoms with van der Waals surface area (Å²) in [6.07, 6.45) is 9.17. The highest BCUT2D eigenvalue weighted by molar-refractivity contribution is 9.10. The fourth-order valence-corrected chi connectivity index (χ4v) is 4.68. The number of fused-ring (bicyclic) bond motifs is 2. The van der Waals surface area contributed by atoms with Gasteiger partial charge in [0.25, 0.3) is 0 Å². The molecule has 0 N–H and O–H groups in total. The lowest BCUT2D eigenvalue weighted by Crippen LogP contribution is -2.18. The standard InChI is InChI=1S/C15H18BrClN2O/c16-12-13(8-3-1-2-4-8)18-15(19-14(12)17)10-7-9-5-6-11(10)20-9/h8-11H,1-7H2. The Balaban J connectivity index is 1.69. The van der Waals surface area contributed by atoms with Gasteiger partial charge >= 0.3 is 0 Å². The van der Waals surface area contributed by atoms with Crippen LogP contribution in [0.15, 0.2) is 4.47 Å². The molecule has 1 saturated carbocycles. The second-order valence-electron chi connectivity index (χ2n) is 6.27. The lowest BCUT2D eigenvalue weighted by Gasteiger charge is -2.20. The molecule has 3 fully saturated rings. The number of rotatable bonds is 2. The van der Waals surface area contributed by atoms with Gasteiger partial charge in [0.15, 0.2) is 0 Å². The smallest absolute Gasteiger partial charge is 0.147 e. The molecule has 1 aromatic heterocycles. The van der Waals surface area contributed by atoms with Crippen LogP contribution in [0.5, 0.6) is 0 Å². The second-order valence-corrected chi connectivity index (χ2v) is 7.42. The van der Waals surface area contributed by atoms with E-state index in [0.717, 1.165) is 28.8 Å². The van der Waals surface area contributed by atoms with Crippen molar-refractivity contribution in [2.75, 3.05) is 0 Å². The first-order valence-corrected chi connectivity index (χ1v) is 8.77. The van der Waals surface area contributed by atoms with Gasteiger partial charge in [0, 0.05) is 11.8 Å². The topological polar surface area (TPSA) is 35.0 Å². The van der Waals surface area contributed by atoms with Crippen molar-refractivity contribution < 1.29 is 4.74 Å². The quantitative estimate of drug-likeness (QED) is 0.726. The van der Waals surface area contributed by atoms with Gasteiger partial charge in [-0.15, -0.1) is 0 Å². The number of hydrogen-bond acceptors (Lipinski definition) is 3. The second kappa shape index (κ2) is 5.22. The summed E-state index contributed by atoms with van der Waals surface area (Å²) in [6.45, 7) is 0. The summed E-state index contributed by atoms with van der Waals surface area (Å²) in [4.78, 5) is 9.43. The summed E-state index contributed by atoms with van der Waals surface area (Å²) in [5.41, 5.74) is 1.13. The molecule has 2 bridgehead atoms. The van der Waals surface area contributed by atoms with Crippen LogP contribution in [0, 0.1) is 0 Å². The molecule has 0 radical (unpaired) electrons. The van der Waals surface area contributed by atoms with E-state index in [2.05, 4.69) is 20.9 Å². The summed E-state index contributed by atoms with van der Waals surface area (Å²) in [6, 6.07) is 0. The fraction of sp³-hybridized carbons (Fsp3) is 0.733. The summed E-state index contributed by atoms with van der Waals surface area (Å²) in [5, 5.41) is 0.569. The Morgan fingerprint density at radius 2 is 1.90 bits per heavy atom. The highest BCUT2D eigenvalue weighted by atomic mass is 79.9. The Morgan fingerprint density at radius 1 is 1.10 bits per heavy atom. The van der Waals surface area contributed by atoms with Crippen LogP contribution >= 0.6 is 27.5 Å². The first kappa shape index (κ1) is 13.5. The molecule has 3 nitrogen and oxygen atoms in total. The van der Waals surface area contributed by atoms with Crippen molar-refractivity contribution >= 4 is 27.5 Å². The molecule has 0 spiro atoms. The van der Waals surface area contributed by atoms with E-state index >= 15 is 0 Å². The first-order chi connectivity index (χ1) is 9.72. The highest BCUT2D eigenvalue weighted by Gasteiger charge is 2.43. The highest BCUT2D eigenvalue weighted by Crippen LogP contribution is 2.45. The zero-order valence-corrected chi connectivity index (χ0v) is 13.7. The average Bonchev–Trinajstić information content (AvgIpc) is 3.18. The van der Waals surface area contributed by atoms with Crippen molar-refractivity contribution in [3.8, 4) is 0 Å². The predicted molar refractivity (Wildman–Crippen MR) is 81.2 cm³/mol. The van der Waals surface area contributed by atoms with Crippen LogP contribution in [0.25, 0.3) is 0 Å². The van der Waals surface area contributed by atoms with E-state index in [4.69, 9.17) is 21.3 Å². The van der Waals surface area contributed by atoms with Crippen molar-refractivity contribution in [1.82, 2.24) is 9.97 Å². The third kappa shape index (κ3) is 2.20. The molecular weight excluding hydrogens is 340 g/mol. The molecule has 3 unspecified atom stereocenters. The number of halogens is 2. The zero-order chi connectivity index (χ0) is 13.7. The van der Waals surface area contributed by atoms with E-state index in [9.17, 15) is 0 Å². The van der Waals surface area contributed by atoms with E-state index in [0.29, 0.717) is 29.2 Å². The third-order valence-corrected chi connectivity index (χ3v) is 6.32. The molecule has 108 valence electrons. The van der Waals surface area contributed by atoms with Crippen molar-refractivity contribution in [2.45, 2.75) is 69.0 Å². The van der Waals surface area contributed by atoms with Gasteiger partial charge in [-0.25, -0.2) is 9.97 Å². The number of aromatic nitrogens is 2. The molecule has 3 heterocycles. The Kier molecular flexibility index (Phi) is 3.52. The van der Waals surface area contributed by atoms with Gasteiger partial charge < -0.3 is 4.74 Å². The van der Waals surface area contributed by atoms with Crippen LogP contribution in [0.2, 0.25) is 5.15 Å². The van der Waals surface area contributed by atoms with E-state index in [1.807, 2.05) is 0 Å². The number of ether oxygens (including phenoxy) is 1. The van der Waals surface area contributed by atoms with Crippen LogP contribution in [0.4, 0.5) is 0 Å². The van der Waals surface area contributed by atoms with Gasteiger partial charge in [-0.1, -0.05) is 24.4 Å². The van der Waals surface area contributed by atoms with Crippen LogP contribution in [0.1, 0.15) is 68.3 Å². The molecule has 3 aliphatic rings. The number of hydrogen-bond donors (Lipinski definition) is 0. The molecule has 1 aromatic rings. The van der Waals surface area contributed by atoms with Crippen molar-refractivity contribution in [3.05, 3.63) is 21.1 Å². The molecule has 2 saturated heterocycles. The Morgan fingerprint density at radius 3 is 2.55 bits per heavy atom. The van der Waals surface area contributed by atoms with Crippen LogP contribution in [0.3, 0.4) is 0 Å². The fourth-order valence-electron chi connectivity index (χ4n) is 4.00. The molecule has 3 atom stereocenters. The van der Waals surface area contributed by atoms with E-state index in [-0.39, 0.29) is 0 Å². The maximum Gasteiger partial charge on any atom is 0.147 e. The van der Waals surface area contributed by atoms with Crippen molar-refractivity contribution in [2.24, 2.45) is 0 Å². The summed E-state index contributed by atoms with van der Waals surface area (Å²) in [5.74, 6) is 1.80. The van der Waals surface area contributed by atoms with Gasteiger partial charge in [0.1, 0.15) is 11.0 Å². The van der Waals surface area contributed by atoms with E-state index < -0.39 is 0 Å².